The molecular formula is C39H46N6O11. The van der Waals surface area contributed by atoms with Crippen LogP contribution in [0, 0.1) is 5.92 Å². The molecule has 0 saturated heterocycles. The predicted octanol–water partition coefficient (Wildman–Crippen LogP) is 3.17. The van der Waals surface area contributed by atoms with Crippen molar-refractivity contribution in [1.82, 2.24) is 25.3 Å². The van der Waals surface area contributed by atoms with E-state index in [0.717, 1.165) is 4.90 Å². The van der Waals surface area contributed by atoms with Crippen LogP contribution in [-0.4, -0.2) is 103 Å². The van der Waals surface area contributed by atoms with E-state index >= 15 is 0 Å². The molecule has 0 spiro atoms. The highest BCUT2D eigenvalue weighted by atomic mass is 16.6. The van der Waals surface area contributed by atoms with Crippen molar-refractivity contribution in [3.63, 3.8) is 0 Å². The van der Waals surface area contributed by atoms with Gasteiger partial charge in [0.25, 0.3) is 11.8 Å². The average Bonchev–Trinajstić information content (AvgIpc) is 3.49. The van der Waals surface area contributed by atoms with E-state index in [0.29, 0.717) is 35.9 Å². The molecule has 4 rings (SSSR count). The molecule has 2 heterocycles. The lowest BCUT2D eigenvalue weighted by Gasteiger charge is -2.22. The lowest BCUT2D eigenvalue weighted by molar-refractivity contribution is -0.137. The Morgan fingerprint density at radius 1 is 0.804 bits per heavy atom. The number of benzene rings is 2. The molecule has 298 valence electrons. The van der Waals surface area contributed by atoms with Crippen LogP contribution >= 0.6 is 0 Å². The number of carbonyl (C=O) groups excluding carboxylic acids is 7. The zero-order valence-corrected chi connectivity index (χ0v) is 31.7. The summed E-state index contributed by atoms with van der Waals surface area (Å²) in [6, 6.07) is 13.3. The number of likely N-dealkylation sites (N-methyl/N-ethyl adjacent to an activating group) is 2. The smallest absolute Gasteiger partial charge is 0.415 e. The first-order chi connectivity index (χ1) is 26.7. The summed E-state index contributed by atoms with van der Waals surface area (Å²) in [7, 11) is 3.03. The zero-order chi connectivity index (χ0) is 40.8. The zero-order valence-electron chi connectivity index (χ0n) is 31.7. The van der Waals surface area contributed by atoms with Gasteiger partial charge in [0.05, 0.1) is 6.54 Å². The van der Waals surface area contributed by atoms with E-state index in [1.807, 2.05) is 0 Å². The number of ether oxygens (including phenoxy) is 2. The van der Waals surface area contributed by atoms with E-state index in [4.69, 9.17) is 13.9 Å². The van der Waals surface area contributed by atoms with Gasteiger partial charge in [-0.3, -0.25) is 28.9 Å². The number of rotatable bonds is 18. The summed E-state index contributed by atoms with van der Waals surface area (Å²) < 4.78 is 15.8. The minimum absolute atomic E-state index is 0.0515. The summed E-state index contributed by atoms with van der Waals surface area (Å²) in [4.78, 5) is 101. The van der Waals surface area contributed by atoms with Gasteiger partial charge in [-0.15, -0.1) is 0 Å². The molecule has 1 aromatic heterocycles. The summed E-state index contributed by atoms with van der Waals surface area (Å²) in [5, 5.41) is 8.63. The van der Waals surface area contributed by atoms with Crippen molar-refractivity contribution in [3.8, 4) is 5.75 Å². The van der Waals surface area contributed by atoms with Gasteiger partial charge in [-0.1, -0.05) is 32.4 Å². The molecule has 1 aliphatic heterocycles. The summed E-state index contributed by atoms with van der Waals surface area (Å²) in [5.41, 5.74) is 0.853. The SMILES string of the molecule is CC(C)C(NC(=O)CCCCCN1C(=O)C=CC1=O)C(=O)NCC(=O)Nc1ccc(COC(=O)N(C)CCN(C)C(=O)Oc2ccc3ccc(=O)oc3c2)cc1. The second-order valence-electron chi connectivity index (χ2n) is 13.4. The van der Waals surface area contributed by atoms with Crippen LogP contribution in [0.4, 0.5) is 15.3 Å². The molecule has 1 aliphatic rings. The van der Waals surface area contributed by atoms with Crippen LogP contribution in [0.3, 0.4) is 0 Å². The third-order valence-electron chi connectivity index (χ3n) is 8.67. The minimum atomic E-state index is -0.853. The standard InChI is InChI=1S/C39H46N6O11/c1-25(2)36(42-31(46)8-6-5-7-19-45-33(48)16-17-34(45)49)37(51)40-23-32(47)41-28-13-9-26(10-14-28)24-54-38(52)43(3)20-21-44(4)39(53)55-29-15-11-27-12-18-35(50)56-30(27)22-29/h9-18,22,25,36H,5-8,19-21,23-24H2,1-4H3,(H,40,51)(H,41,47)(H,42,46). The number of nitrogens with zero attached hydrogens (tertiary/aromatic N) is 3. The third kappa shape index (κ3) is 12.8. The highest BCUT2D eigenvalue weighted by Crippen LogP contribution is 2.20. The first kappa shape index (κ1) is 42.2. The number of nitrogens with one attached hydrogen (secondary N) is 3. The van der Waals surface area contributed by atoms with Gasteiger partial charge in [0.1, 0.15) is 24.0 Å². The first-order valence-corrected chi connectivity index (χ1v) is 18.0. The lowest BCUT2D eigenvalue weighted by Crippen LogP contribution is -2.51. The van der Waals surface area contributed by atoms with Crippen LogP contribution in [0.25, 0.3) is 11.0 Å². The predicted molar refractivity (Wildman–Crippen MR) is 203 cm³/mol. The van der Waals surface area contributed by atoms with Crippen molar-refractivity contribution in [1.29, 1.82) is 0 Å². The highest BCUT2D eigenvalue weighted by Gasteiger charge is 2.25. The number of unbranched alkanes of at least 4 members (excludes halogenated alkanes) is 2. The molecule has 0 radical (unpaired) electrons. The maximum atomic E-state index is 12.8. The van der Waals surface area contributed by atoms with Gasteiger partial charge in [-0.05, 0) is 54.7 Å². The summed E-state index contributed by atoms with van der Waals surface area (Å²) in [5.74, 6) is -2.05. The van der Waals surface area contributed by atoms with Crippen molar-refractivity contribution in [2.75, 3.05) is 45.6 Å². The Labute approximate surface area is 322 Å². The Kier molecular flexibility index (Phi) is 15.3. The molecule has 0 aliphatic carbocycles. The molecule has 0 saturated carbocycles. The van der Waals surface area contributed by atoms with Gasteiger partial charge in [-0.2, -0.15) is 0 Å². The van der Waals surface area contributed by atoms with E-state index in [-0.39, 0.29) is 74.2 Å². The summed E-state index contributed by atoms with van der Waals surface area (Å²) in [6.45, 7) is 3.74. The number of carbonyl (C=O) groups is 7. The molecule has 3 aromatic rings. The van der Waals surface area contributed by atoms with Crippen LogP contribution in [0.2, 0.25) is 0 Å². The average molecular weight is 775 g/mol. The highest BCUT2D eigenvalue weighted by molar-refractivity contribution is 6.12. The number of anilines is 1. The molecule has 0 fully saturated rings. The van der Waals surface area contributed by atoms with Crippen molar-refractivity contribution >= 4 is 58.4 Å². The molecule has 2 aromatic carbocycles. The van der Waals surface area contributed by atoms with Crippen molar-refractivity contribution in [2.45, 2.75) is 52.2 Å². The molecule has 0 bridgehead atoms. The number of fused-ring (bicyclic) bond motifs is 1. The quantitative estimate of drug-likeness (QED) is 0.0970. The second-order valence-corrected chi connectivity index (χ2v) is 13.4. The number of hydrogen-bond acceptors (Lipinski definition) is 11. The van der Waals surface area contributed by atoms with E-state index in [2.05, 4.69) is 16.0 Å². The van der Waals surface area contributed by atoms with E-state index in [1.165, 1.54) is 48.2 Å². The summed E-state index contributed by atoms with van der Waals surface area (Å²) >= 11 is 0. The number of amides is 7. The summed E-state index contributed by atoms with van der Waals surface area (Å²) in [6.07, 6.45) is 3.02. The van der Waals surface area contributed by atoms with Crippen molar-refractivity contribution in [2.24, 2.45) is 5.92 Å². The van der Waals surface area contributed by atoms with Crippen LogP contribution in [-0.2, 0) is 35.3 Å². The number of imide groups is 1. The molecular weight excluding hydrogens is 728 g/mol. The fraction of sp³-hybridized carbons (Fsp3) is 0.385. The Balaban J connectivity index is 1.11. The Bertz CT molecular complexity index is 1990. The molecule has 17 heteroatoms. The third-order valence-corrected chi connectivity index (χ3v) is 8.67. The fourth-order valence-corrected chi connectivity index (χ4v) is 5.35. The van der Waals surface area contributed by atoms with Gasteiger partial charge in [0.15, 0.2) is 0 Å². The topological polar surface area (TPSA) is 214 Å². The number of hydrogen-bond donors (Lipinski definition) is 3. The Morgan fingerprint density at radius 2 is 1.46 bits per heavy atom. The molecule has 17 nitrogen and oxygen atoms in total. The molecule has 3 N–H and O–H groups in total. The van der Waals surface area contributed by atoms with Crippen molar-refractivity contribution < 1.29 is 47.5 Å². The second kappa shape index (κ2) is 20.2. The van der Waals surface area contributed by atoms with Gasteiger partial charge in [0.2, 0.25) is 17.7 Å². The normalized spacial score (nSPS) is 12.7. The van der Waals surface area contributed by atoms with Gasteiger partial charge in [-0.25, -0.2) is 14.4 Å². The van der Waals surface area contributed by atoms with Crippen molar-refractivity contribution in [3.05, 3.63) is 82.7 Å². The van der Waals surface area contributed by atoms with E-state index in [9.17, 15) is 38.4 Å². The van der Waals surface area contributed by atoms with Gasteiger partial charge < -0.3 is 39.6 Å². The van der Waals surface area contributed by atoms with E-state index < -0.39 is 35.7 Å². The molecule has 1 atom stereocenters. The van der Waals surface area contributed by atoms with Crippen LogP contribution in [0.15, 0.2) is 76.0 Å². The Morgan fingerprint density at radius 3 is 2.14 bits per heavy atom. The monoisotopic (exact) mass is 774 g/mol. The minimum Gasteiger partial charge on any atom is -0.445 e. The molecule has 7 amide bonds. The maximum Gasteiger partial charge on any atom is 0.415 e. The van der Waals surface area contributed by atoms with Gasteiger partial charge in [0, 0.05) is 75.5 Å². The lowest BCUT2D eigenvalue weighted by atomic mass is 10.0. The first-order valence-electron chi connectivity index (χ1n) is 18.0. The molecule has 1 unspecified atom stereocenters. The van der Waals surface area contributed by atoms with E-state index in [1.54, 1.807) is 56.3 Å². The van der Waals surface area contributed by atoms with Crippen LogP contribution < -0.4 is 26.3 Å². The van der Waals surface area contributed by atoms with Crippen LogP contribution in [0.1, 0.15) is 45.1 Å². The van der Waals surface area contributed by atoms with Gasteiger partial charge >= 0.3 is 17.8 Å². The largest absolute Gasteiger partial charge is 0.445 e. The fourth-order valence-electron chi connectivity index (χ4n) is 5.35. The maximum absolute atomic E-state index is 12.8. The van der Waals surface area contributed by atoms with Crippen LogP contribution in [0.5, 0.6) is 5.75 Å². The molecule has 56 heavy (non-hydrogen) atoms. The Hall–Kier alpha value is -6.52.